The first kappa shape index (κ1) is 51.8. The Balaban J connectivity index is 1.16. The second kappa shape index (κ2) is 23.5. The minimum absolute atomic E-state index is 0.213. The van der Waals surface area contributed by atoms with E-state index in [1.807, 2.05) is 0 Å². The fourth-order valence-electron chi connectivity index (χ4n) is 11.1. The monoisotopic (exact) mass is 1010 g/mol. The molecule has 0 aliphatic heterocycles. The summed E-state index contributed by atoms with van der Waals surface area (Å²) in [4.78, 5) is 8.75. The maximum atomic E-state index is 8.20. The molecule has 10 rings (SSSR count). The summed E-state index contributed by atoms with van der Waals surface area (Å²) in [5, 5.41) is 0. The maximum Gasteiger partial charge on any atom is 0.0942 e. The number of anilines is 4. The first-order valence-corrected chi connectivity index (χ1v) is 26.8. The van der Waals surface area contributed by atoms with Gasteiger partial charge in [-0.05, 0) is 79.9 Å². The van der Waals surface area contributed by atoms with Crippen LogP contribution < -0.4 is 19.6 Å². The molecule has 384 valence electrons. The van der Waals surface area contributed by atoms with E-state index in [0.717, 1.165) is 11.1 Å². The van der Waals surface area contributed by atoms with Crippen molar-refractivity contribution in [1.82, 2.24) is 0 Å². The van der Waals surface area contributed by atoms with E-state index in [4.69, 9.17) is 4.74 Å². The van der Waals surface area contributed by atoms with Gasteiger partial charge in [0.25, 0.3) is 0 Å². The zero-order valence-electron chi connectivity index (χ0n) is 45.8. The van der Waals surface area contributed by atoms with Crippen molar-refractivity contribution in [2.75, 3.05) is 76.0 Å². The minimum atomic E-state index is -0.429. The highest BCUT2D eigenvalue weighted by molar-refractivity contribution is 5.82. The summed E-state index contributed by atoms with van der Waals surface area (Å²) >= 11 is 0. The van der Waals surface area contributed by atoms with Gasteiger partial charge in [0.2, 0.25) is 0 Å². The highest BCUT2D eigenvalue weighted by Crippen LogP contribution is 2.49. The molecule has 0 aliphatic carbocycles. The molecule has 5 heteroatoms. The van der Waals surface area contributed by atoms with E-state index in [-0.39, 0.29) is 11.8 Å². The van der Waals surface area contributed by atoms with Crippen LogP contribution in [0.15, 0.2) is 255 Å². The zero-order valence-corrected chi connectivity index (χ0v) is 45.8. The molecule has 5 nitrogen and oxygen atoms in total. The first-order valence-electron chi connectivity index (χ1n) is 26.8. The lowest BCUT2D eigenvalue weighted by molar-refractivity contribution is -0.0323. The average molecular weight is 1010 g/mol. The second-order valence-electron chi connectivity index (χ2n) is 20.9. The molecule has 0 radical (unpaired) electrons. The summed E-state index contributed by atoms with van der Waals surface area (Å²) in [5.74, 6) is -0.425. The zero-order chi connectivity index (χ0) is 53.4. The van der Waals surface area contributed by atoms with Gasteiger partial charge in [-0.2, -0.15) is 0 Å². The smallest absolute Gasteiger partial charge is 0.0942 e. The minimum Gasteiger partial charge on any atom is -0.377 e. The third-order valence-corrected chi connectivity index (χ3v) is 15.0. The molecule has 0 heterocycles. The third kappa shape index (κ3) is 11.3. The molecule has 0 spiro atoms. The van der Waals surface area contributed by atoms with Crippen molar-refractivity contribution in [3.05, 3.63) is 288 Å². The lowest BCUT2D eigenvalue weighted by Crippen LogP contribution is -2.23. The summed E-state index contributed by atoms with van der Waals surface area (Å²) in [6.45, 7) is 0. The molecule has 10 aromatic carbocycles. The highest BCUT2D eigenvalue weighted by Gasteiger charge is 2.36. The van der Waals surface area contributed by atoms with Gasteiger partial charge in [-0.1, -0.05) is 231 Å². The van der Waals surface area contributed by atoms with Crippen molar-refractivity contribution in [3.63, 3.8) is 0 Å². The van der Waals surface area contributed by atoms with Crippen molar-refractivity contribution in [2.24, 2.45) is 0 Å². The molecule has 0 fully saturated rings. The fourth-order valence-corrected chi connectivity index (χ4v) is 11.1. The van der Waals surface area contributed by atoms with Crippen LogP contribution in [0.4, 0.5) is 22.7 Å². The molecule has 77 heavy (non-hydrogen) atoms. The second-order valence-corrected chi connectivity index (χ2v) is 20.9. The van der Waals surface area contributed by atoms with Crippen molar-refractivity contribution in [2.45, 2.75) is 24.0 Å². The molecular weight excluding hydrogens is 937 g/mol. The predicted molar refractivity (Wildman–Crippen MR) is 328 cm³/mol. The molecule has 0 saturated carbocycles. The van der Waals surface area contributed by atoms with Crippen molar-refractivity contribution in [3.8, 4) is 44.5 Å². The van der Waals surface area contributed by atoms with Crippen LogP contribution in [0.5, 0.6) is 0 Å². The predicted octanol–water partition coefficient (Wildman–Crippen LogP) is 17.1. The lowest BCUT2D eigenvalue weighted by atomic mass is 9.80. The Bertz CT molecular complexity index is 3070. The molecule has 0 saturated heterocycles. The third-order valence-electron chi connectivity index (χ3n) is 15.0. The number of rotatable bonds is 18. The summed E-state index contributed by atoms with van der Waals surface area (Å²) in [5.41, 5.74) is 21.0. The van der Waals surface area contributed by atoms with E-state index in [9.17, 15) is 0 Å². The van der Waals surface area contributed by atoms with Crippen LogP contribution in [0.1, 0.15) is 57.4 Å². The van der Waals surface area contributed by atoms with Crippen LogP contribution >= 0.6 is 0 Å². The van der Waals surface area contributed by atoms with Crippen LogP contribution in [-0.2, 0) is 4.74 Å². The van der Waals surface area contributed by atoms with Crippen LogP contribution in [0.3, 0.4) is 0 Å². The number of hydrogen-bond acceptors (Lipinski definition) is 5. The van der Waals surface area contributed by atoms with Crippen molar-refractivity contribution >= 4 is 22.7 Å². The Kier molecular flexibility index (Phi) is 15.8. The Hall–Kier alpha value is -8.64. The van der Waals surface area contributed by atoms with Gasteiger partial charge in [-0.25, -0.2) is 0 Å². The van der Waals surface area contributed by atoms with Crippen LogP contribution in [-0.4, -0.2) is 56.4 Å². The summed E-state index contributed by atoms with van der Waals surface area (Å²) < 4.78 is 8.20. The van der Waals surface area contributed by atoms with E-state index < -0.39 is 12.2 Å². The van der Waals surface area contributed by atoms with Crippen LogP contribution in [0.25, 0.3) is 44.5 Å². The molecule has 2 unspecified atom stereocenters. The average Bonchev–Trinajstić information content (AvgIpc) is 3.48. The Morgan fingerprint density at radius 2 is 0.429 bits per heavy atom. The van der Waals surface area contributed by atoms with Crippen molar-refractivity contribution in [1.29, 1.82) is 0 Å². The van der Waals surface area contributed by atoms with Gasteiger partial charge >= 0.3 is 0 Å². The quantitative estimate of drug-likeness (QED) is 0.0852. The Morgan fingerprint density at radius 3 is 0.649 bits per heavy atom. The van der Waals surface area contributed by atoms with E-state index in [1.165, 1.54) is 89.5 Å². The summed E-state index contributed by atoms with van der Waals surface area (Å²) in [6, 6.07) is 93.2. The van der Waals surface area contributed by atoms with Gasteiger partial charge in [-0.15, -0.1) is 0 Å². The number of nitrogens with zero attached hydrogens (tertiary/aromatic N) is 4. The SMILES string of the molecule is CN(C)c1ccccc1-c1ccc(C(c2ccc(-c3ccccc3N(C)C)cc2)C(OC(c2ccccc2)C(c2ccc(-c3ccccc3N(C)C)cc2)c2ccc(-c3ccccc3N(C)C)cc2)c2ccccc2)cc1. The lowest BCUT2D eigenvalue weighted by Gasteiger charge is -2.36. The molecule has 0 N–H and O–H groups in total. The van der Waals surface area contributed by atoms with Gasteiger partial charge in [0, 0.05) is 113 Å². The fraction of sp³-hybridized carbons (Fsp3) is 0.167. The largest absolute Gasteiger partial charge is 0.377 e. The molecule has 0 amide bonds. The molecule has 2 atom stereocenters. The first-order chi connectivity index (χ1) is 37.5. The standard InChI is InChI=1S/C72H70N4O/c1-73(2)65-31-19-15-27-61(65)51-35-43-55(44-36-51)69(56-45-37-52(38-46-56)62-28-16-20-32-66(62)74(3)4)71(59-23-11-9-12-24-59)77-72(60-25-13-10-14-26-60)70(57-47-39-53(40-48-57)63-29-17-21-33-67(63)75(5)6)58-49-41-54(42-50-58)64-30-18-22-34-68(64)76(7)8/h9-50,69-72H,1-8H3. The Morgan fingerprint density at radius 1 is 0.221 bits per heavy atom. The van der Waals surface area contributed by atoms with E-state index in [0.29, 0.717) is 0 Å². The summed E-state index contributed by atoms with van der Waals surface area (Å²) in [7, 11) is 16.9. The normalized spacial score (nSPS) is 12.1. The molecule has 0 aromatic heterocycles. The topological polar surface area (TPSA) is 22.2 Å². The number of benzene rings is 10. The summed E-state index contributed by atoms with van der Waals surface area (Å²) in [6.07, 6.45) is -0.859. The van der Waals surface area contributed by atoms with E-state index in [1.54, 1.807) is 0 Å². The van der Waals surface area contributed by atoms with Gasteiger partial charge in [0.1, 0.15) is 0 Å². The van der Waals surface area contributed by atoms with Crippen molar-refractivity contribution < 1.29 is 4.74 Å². The number of hydrogen-bond donors (Lipinski definition) is 0. The van der Waals surface area contributed by atoms with Gasteiger partial charge in [0.15, 0.2) is 0 Å². The maximum absolute atomic E-state index is 8.20. The van der Waals surface area contributed by atoms with Gasteiger partial charge in [0.05, 0.1) is 12.2 Å². The Labute approximate surface area is 457 Å². The van der Waals surface area contributed by atoms with Gasteiger partial charge in [-0.3, -0.25) is 0 Å². The molecule has 0 bridgehead atoms. The van der Waals surface area contributed by atoms with Crippen LogP contribution in [0, 0.1) is 0 Å². The molecule has 0 aliphatic rings. The van der Waals surface area contributed by atoms with Crippen LogP contribution in [0.2, 0.25) is 0 Å². The highest BCUT2D eigenvalue weighted by atomic mass is 16.5. The van der Waals surface area contributed by atoms with Gasteiger partial charge < -0.3 is 24.3 Å². The number of para-hydroxylation sites is 4. The molecular formula is C72H70N4O. The van der Waals surface area contributed by atoms with E-state index >= 15 is 0 Å². The molecule has 10 aromatic rings. The number of ether oxygens (including phenoxy) is 1. The van der Waals surface area contributed by atoms with E-state index in [2.05, 4.69) is 331 Å².